The second-order valence-electron chi connectivity index (χ2n) is 4.79. The van der Waals surface area contributed by atoms with E-state index in [4.69, 9.17) is 0 Å². The van der Waals surface area contributed by atoms with Gasteiger partial charge in [0.1, 0.15) is 0 Å². The van der Waals surface area contributed by atoms with Gasteiger partial charge >= 0.3 is 0 Å². The summed E-state index contributed by atoms with van der Waals surface area (Å²) in [5, 5.41) is 13.1. The van der Waals surface area contributed by atoms with Gasteiger partial charge in [0.05, 0.1) is 16.4 Å². The lowest BCUT2D eigenvalue weighted by molar-refractivity contribution is -0.384. The van der Waals surface area contributed by atoms with Gasteiger partial charge in [0, 0.05) is 24.3 Å². The molecule has 1 aromatic rings. The standard InChI is InChI=1S/C13H14N2O5S/c16-13(14-11-7-8-21(19,20)9-11)6-3-10-1-4-12(5-2-10)15(17)18/h1-6,11H,7-9H2,(H,14,16)/b6-3+. The number of amides is 1. The molecule has 0 saturated carbocycles. The molecular formula is C13H14N2O5S. The highest BCUT2D eigenvalue weighted by atomic mass is 32.2. The van der Waals surface area contributed by atoms with E-state index in [9.17, 15) is 23.3 Å². The molecule has 1 amide bonds. The van der Waals surface area contributed by atoms with Gasteiger partial charge in [-0.25, -0.2) is 8.42 Å². The summed E-state index contributed by atoms with van der Waals surface area (Å²) in [6.45, 7) is 0. The first kappa shape index (κ1) is 15.2. The summed E-state index contributed by atoms with van der Waals surface area (Å²) < 4.78 is 22.5. The zero-order valence-corrected chi connectivity index (χ0v) is 11.9. The Morgan fingerprint density at radius 3 is 2.52 bits per heavy atom. The van der Waals surface area contributed by atoms with Crippen molar-refractivity contribution in [1.29, 1.82) is 0 Å². The van der Waals surface area contributed by atoms with E-state index in [-0.39, 0.29) is 29.1 Å². The summed E-state index contributed by atoms with van der Waals surface area (Å²) in [6.07, 6.45) is 3.23. The SMILES string of the molecule is O=C(/C=C/c1ccc([N+](=O)[O-])cc1)NC1CCS(=O)(=O)C1. The number of non-ortho nitro benzene ring substituents is 1. The fraction of sp³-hybridized carbons (Fsp3) is 0.308. The van der Waals surface area contributed by atoms with Gasteiger partial charge in [-0.1, -0.05) is 0 Å². The second-order valence-corrected chi connectivity index (χ2v) is 7.02. The number of carbonyl (C=O) groups excluding carboxylic acids is 1. The van der Waals surface area contributed by atoms with Crippen LogP contribution in [0.25, 0.3) is 6.08 Å². The number of hydrogen-bond donors (Lipinski definition) is 1. The van der Waals surface area contributed by atoms with Crippen LogP contribution in [-0.4, -0.2) is 36.8 Å². The lowest BCUT2D eigenvalue weighted by Crippen LogP contribution is -2.34. The van der Waals surface area contributed by atoms with Crippen molar-refractivity contribution in [1.82, 2.24) is 5.32 Å². The van der Waals surface area contributed by atoms with E-state index in [2.05, 4.69) is 5.32 Å². The molecule has 1 aliphatic rings. The van der Waals surface area contributed by atoms with Gasteiger partial charge in [0.15, 0.2) is 9.84 Å². The Kier molecular flexibility index (Phi) is 4.37. The Morgan fingerprint density at radius 2 is 2.00 bits per heavy atom. The number of hydrogen-bond acceptors (Lipinski definition) is 5. The van der Waals surface area contributed by atoms with Crippen LogP contribution in [0.3, 0.4) is 0 Å². The van der Waals surface area contributed by atoms with E-state index < -0.39 is 14.8 Å². The van der Waals surface area contributed by atoms with Crippen molar-refractivity contribution in [2.45, 2.75) is 12.5 Å². The molecule has 0 bridgehead atoms. The molecule has 1 fully saturated rings. The van der Waals surface area contributed by atoms with Crippen molar-refractivity contribution in [2.75, 3.05) is 11.5 Å². The zero-order valence-electron chi connectivity index (χ0n) is 11.1. The summed E-state index contributed by atoms with van der Waals surface area (Å²) in [5.41, 5.74) is 0.627. The molecule has 1 saturated heterocycles. The first-order valence-corrected chi connectivity index (χ1v) is 8.11. The van der Waals surface area contributed by atoms with E-state index >= 15 is 0 Å². The normalized spacial score (nSPS) is 20.5. The number of nitro groups is 1. The average molecular weight is 310 g/mol. The maximum Gasteiger partial charge on any atom is 0.269 e. The van der Waals surface area contributed by atoms with Crippen LogP contribution < -0.4 is 5.32 Å². The van der Waals surface area contributed by atoms with Crippen molar-refractivity contribution >= 4 is 27.5 Å². The molecule has 2 rings (SSSR count). The van der Waals surface area contributed by atoms with Crippen molar-refractivity contribution in [3.63, 3.8) is 0 Å². The molecule has 7 nitrogen and oxygen atoms in total. The third-order valence-corrected chi connectivity index (χ3v) is 4.88. The third-order valence-electron chi connectivity index (χ3n) is 3.11. The largest absolute Gasteiger partial charge is 0.349 e. The molecule has 112 valence electrons. The number of benzene rings is 1. The average Bonchev–Trinajstić information content (AvgIpc) is 2.76. The molecule has 21 heavy (non-hydrogen) atoms. The molecule has 1 aromatic carbocycles. The number of sulfone groups is 1. The number of nitrogens with one attached hydrogen (secondary N) is 1. The second kappa shape index (κ2) is 6.04. The summed E-state index contributed by atoms with van der Waals surface area (Å²) in [5.74, 6) is -0.302. The maximum atomic E-state index is 11.7. The lowest BCUT2D eigenvalue weighted by Gasteiger charge is -2.07. The highest BCUT2D eigenvalue weighted by Crippen LogP contribution is 2.13. The summed E-state index contributed by atoms with van der Waals surface area (Å²) in [4.78, 5) is 21.7. The first-order valence-electron chi connectivity index (χ1n) is 6.29. The summed E-state index contributed by atoms with van der Waals surface area (Å²) in [6, 6.07) is 5.41. The number of rotatable bonds is 4. The summed E-state index contributed by atoms with van der Waals surface area (Å²) >= 11 is 0. The molecular weight excluding hydrogens is 296 g/mol. The Balaban J connectivity index is 1.91. The summed E-state index contributed by atoms with van der Waals surface area (Å²) in [7, 11) is -3.02. The first-order chi connectivity index (χ1) is 9.85. The maximum absolute atomic E-state index is 11.7. The van der Waals surface area contributed by atoms with Gasteiger partial charge in [-0.05, 0) is 30.2 Å². The molecule has 1 heterocycles. The van der Waals surface area contributed by atoms with Crippen molar-refractivity contribution < 1.29 is 18.1 Å². The van der Waals surface area contributed by atoms with E-state index in [0.29, 0.717) is 12.0 Å². The van der Waals surface area contributed by atoms with Crippen molar-refractivity contribution in [3.05, 3.63) is 46.0 Å². The van der Waals surface area contributed by atoms with Crippen molar-refractivity contribution in [2.24, 2.45) is 0 Å². The predicted octanol–water partition coefficient (Wildman–Crippen LogP) is 0.911. The topological polar surface area (TPSA) is 106 Å². The van der Waals surface area contributed by atoms with Crippen molar-refractivity contribution in [3.8, 4) is 0 Å². The van der Waals surface area contributed by atoms with Crippen LogP contribution in [0.4, 0.5) is 5.69 Å². The van der Waals surface area contributed by atoms with E-state index in [1.807, 2.05) is 0 Å². The van der Waals surface area contributed by atoms with Gasteiger partial charge in [-0.15, -0.1) is 0 Å². The fourth-order valence-electron chi connectivity index (χ4n) is 2.04. The van der Waals surface area contributed by atoms with Crippen LogP contribution in [-0.2, 0) is 14.6 Å². The molecule has 0 radical (unpaired) electrons. The zero-order chi connectivity index (χ0) is 15.5. The molecule has 1 aliphatic heterocycles. The molecule has 8 heteroatoms. The van der Waals surface area contributed by atoms with Gasteiger partial charge in [-0.2, -0.15) is 0 Å². The van der Waals surface area contributed by atoms with E-state index in [1.54, 1.807) is 0 Å². The van der Waals surface area contributed by atoms with Gasteiger partial charge < -0.3 is 5.32 Å². The Hall–Kier alpha value is -2.22. The van der Waals surface area contributed by atoms with Gasteiger partial charge in [-0.3, -0.25) is 14.9 Å². The van der Waals surface area contributed by atoms with Gasteiger partial charge in [0.2, 0.25) is 5.91 Å². The minimum Gasteiger partial charge on any atom is -0.349 e. The quantitative estimate of drug-likeness (QED) is 0.505. The third kappa shape index (κ3) is 4.38. The minimum absolute atomic E-state index is 0.0206. The van der Waals surface area contributed by atoms with Crippen LogP contribution in [0.15, 0.2) is 30.3 Å². The Labute approximate surface area is 121 Å². The van der Waals surface area contributed by atoms with Crippen LogP contribution in [0.2, 0.25) is 0 Å². The Bertz CT molecular complexity index is 679. The number of nitro benzene ring substituents is 1. The molecule has 1 atom stereocenters. The molecule has 1 unspecified atom stereocenters. The molecule has 0 spiro atoms. The monoisotopic (exact) mass is 310 g/mol. The van der Waals surface area contributed by atoms with Gasteiger partial charge in [0.25, 0.3) is 5.69 Å². The minimum atomic E-state index is -3.02. The fourth-order valence-corrected chi connectivity index (χ4v) is 3.71. The lowest BCUT2D eigenvalue weighted by atomic mass is 10.2. The van der Waals surface area contributed by atoms with Crippen LogP contribution in [0.1, 0.15) is 12.0 Å². The van der Waals surface area contributed by atoms with Crippen LogP contribution in [0, 0.1) is 10.1 Å². The molecule has 1 N–H and O–H groups in total. The van der Waals surface area contributed by atoms with Crippen LogP contribution in [0.5, 0.6) is 0 Å². The molecule has 0 aliphatic carbocycles. The highest BCUT2D eigenvalue weighted by molar-refractivity contribution is 7.91. The van der Waals surface area contributed by atoms with Crippen LogP contribution >= 0.6 is 0 Å². The number of carbonyl (C=O) groups is 1. The smallest absolute Gasteiger partial charge is 0.269 e. The highest BCUT2D eigenvalue weighted by Gasteiger charge is 2.28. The van der Waals surface area contributed by atoms with E-state index in [1.165, 1.54) is 36.4 Å². The Morgan fingerprint density at radius 1 is 1.33 bits per heavy atom. The predicted molar refractivity (Wildman–Crippen MR) is 77.3 cm³/mol. The molecule has 0 aromatic heterocycles. The van der Waals surface area contributed by atoms with E-state index in [0.717, 1.165) is 0 Å². The number of nitrogens with zero attached hydrogens (tertiary/aromatic N) is 1.